The molecule has 1 aliphatic heterocycles. The van der Waals surface area contributed by atoms with E-state index in [9.17, 15) is 9.59 Å². The van der Waals surface area contributed by atoms with E-state index in [1.54, 1.807) is 39.7 Å². The van der Waals surface area contributed by atoms with Crippen LogP contribution in [-0.2, 0) is 6.54 Å². The van der Waals surface area contributed by atoms with E-state index in [0.717, 1.165) is 5.69 Å². The van der Waals surface area contributed by atoms with E-state index < -0.39 is 0 Å². The molecule has 7 nitrogen and oxygen atoms in total. The van der Waals surface area contributed by atoms with Gasteiger partial charge in [-0.2, -0.15) is 0 Å². The van der Waals surface area contributed by atoms with Crippen LogP contribution >= 0.6 is 11.3 Å². The summed E-state index contributed by atoms with van der Waals surface area (Å²) in [6.45, 7) is 2.48. The molecule has 1 saturated heterocycles. The molecule has 1 N–H and O–H groups in total. The van der Waals surface area contributed by atoms with Gasteiger partial charge in [0, 0.05) is 37.8 Å². The fourth-order valence-corrected chi connectivity index (χ4v) is 2.93. The zero-order valence-corrected chi connectivity index (χ0v) is 13.3. The lowest BCUT2D eigenvalue weighted by Crippen LogP contribution is -2.53. The van der Waals surface area contributed by atoms with Gasteiger partial charge >= 0.3 is 6.03 Å². The lowest BCUT2D eigenvalue weighted by Gasteiger charge is -2.34. The highest BCUT2D eigenvalue weighted by molar-refractivity contribution is 7.07. The summed E-state index contributed by atoms with van der Waals surface area (Å²) in [5.74, 6) is -0.0897. The first kappa shape index (κ1) is 15.4. The first-order valence-electron chi connectivity index (χ1n) is 7.34. The molecule has 1 aliphatic rings. The van der Waals surface area contributed by atoms with Gasteiger partial charge in [0.1, 0.15) is 5.69 Å². The Balaban J connectivity index is 1.48. The van der Waals surface area contributed by atoms with Crippen LogP contribution in [0.25, 0.3) is 0 Å². The highest BCUT2D eigenvalue weighted by atomic mass is 32.1. The van der Waals surface area contributed by atoms with E-state index in [1.807, 2.05) is 5.38 Å². The third-order valence-electron chi connectivity index (χ3n) is 3.64. The van der Waals surface area contributed by atoms with Gasteiger partial charge in [-0.1, -0.05) is 6.07 Å². The molecule has 0 saturated carbocycles. The molecular weight excluding hydrogens is 314 g/mol. The van der Waals surface area contributed by atoms with Crippen LogP contribution in [0.2, 0.25) is 0 Å². The van der Waals surface area contributed by atoms with Crippen LogP contribution < -0.4 is 5.32 Å². The van der Waals surface area contributed by atoms with Crippen molar-refractivity contribution in [3.63, 3.8) is 0 Å². The molecule has 0 radical (unpaired) electrons. The number of nitrogens with one attached hydrogen (secondary N) is 1. The Bertz CT molecular complexity index is 654. The minimum Gasteiger partial charge on any atom is -0.334 e. The third kappa shape index (κ3) is 3.84. The molecule has 120 valence electrons. The van der Waals surface area contributed by atoms with Crippen molar-refractivity contribution in [2.45, 2.75) is 6.54 Å². The molecule has 0 unspecified atom stereocenters. The number of rotatable bonds is 3. The van der Waals surface area contributed by atoms with Crippen LogP contribution in [0.15, 0.2) is 35.3 Å². The SMILES string of the molecule is O=C(NCc1cscn1)N1CCN(C(=O)c2ccccn2)CC1. The molecule has 2 aromatic heterocycles. The topological polar surface area (TPSA) is 78.4 Å². The second-order valence-electron chi connectivity index (χ2n) is 5.13. The van der Waals surface area contributed by atoms with Crippen molar-refractivity contribution in [1.82, 2.24) is 25.1 Å². The molecule has 3 rings (SSSR count). The maximum atomic E-state index is 12.3. The zero-order chi connectivity index (χ0) is 16.1. The molecule has 0 aliphatic carbocycles. The first-order chi connectivity index (χ1) is 11.2. The number of thiazole rings is 1. The van der Waals surface area contributed by atoms with Crippen LogP contribution in [0.1, 0.15) is 16.2 Å². The van der Waals surface area contributed by atoms with Crippen molar-refractivity contribution in [3.05, 3.63) is 46.7 Å². The number of pyridine rings is 1. The van der Waals surface area contributed by atoms with Crippen molar-refractivity contribution < 1.29 is 9.59 Å². The van der Waals surface area contributed by atoms with Gasteiger partial charge in [0.2, 0.25) is 0 Å². The number of urea groups is 1. The van der Waals surface area contributed by atoms with Gasteiger partial charge in [0.25, 0.3) is 5.91 Å². The normalized spacial score (nSPS) is 14.6. The van der Waals surface area contributed by atoms with E-state index in [1.165, 1.54) is 11.3 Å². The number of nitrogens with zero attached hydrogens (tertiary/aromatic N) is 4. The van der Waals surface area contributed by atoms with Crippen LogP contribution in [0.5, 0.6) is 0 Å². The summed E-state index contributed by atoms with van der Waals surface area (Å²) in [5.41, 5.74) is 3.03. The lowest BCUT2D eigenvalue weighted by atomic mass is 10.2. The largest absolute Gasteiger partial charge is 0.334 e. The monoisotopic (exact) mass is 331 g/mol. The second kappa shape index (κ2) is 7.19. The molecule has 2 aromatic rings. The molecule has 1 fully saturated rings. The minimum atomic E-state index is -0.122. The summed E-state index contributed by atoms with van der Waals surface area (Å²) in [6.07, 6.45) is 1.61. The Hall–Kier alpha value is -2.48. The number of hydrogen-bond acceptors (Lipinski definition) is 5. The zero-order valence-electron chi connectivity index (χ0n) is 12.5. The molecule has 3 amide bonds. The first-order valence-corrected chi connectivity index (χ1v) is 8.28. The Labute approximate surface area is 138 Å². The molecule has 0 spiro atoms. The summed E-state index contributed by atoms with van der Waals surface area (Å²) in [6, 6.07) is 5.15. The molecular formula is C15H17N5O2S. The Kier molecular flexibility index (Phi) is 4.82. The maximum Gasteiger partial charge on any atom is 0.317 e. The highest BCUT2D eigenvalue weighted by Crippen LogP contribution is 2.07. The predicted octanol–water partition coefficient (Wildman–Crippen LogP) is 1.21. The molecule has 0 atom stereocenters. The lowest BCUT2D eigenvalue weighted by molar-refractivity contribution is 0.0659. The van der Waals surface area contributed by atoms with Crippen LogP contribution in [-0.4, -0.2) is 57.9 Å². The fraction of sp³-hybridized carbons (Fsp3) is 0.333. The molecule has 0 bridgehead atoms. The molecule has 8 heteroatoms. The number of amides is 3. The van der Waals surface area contributed by atoms with Crippen molar-refractivity contribution in [2.24, 2.45) is 0 Å². The molecule has 3 heterocycles. The molecule has 23 heavy (non-hydrogen) atoms. The average molecular weight is 331 g/mol. The van der Waals surface area contributed by atoms with Gasteiger partial charge in [-0.25, -0.2) is 9.78 Å². The number of aromatic nitrogens is 2. The predicted molar refractivity (Wildman–Crippen MR) is 86.1 cm³/mol. The number of piperazine rings is 1. The van der Waals surface area contributed by atoms with Gasteiger partial charge in [0.05, 0.1) is 17.7 Å². The third-order valence-corrected chi connectivity index (χ3v) is 4.28. The van der Waals surface area contributed by atoms with Gasteiger partial charge < -0.3 is 15.1 Å². The van der Waals surface area contributed by atoms with Crippen LogP contribution in [0, 0.1) is 0 Å². The van der Waals surface area contributed by atoms with E-state index >= 15 is 0 Å². The minimum absolute atomic E-state index is 0.0897. The average Bonchev–Trinajstić information content (AvgIpc) is 3.13. The van der Waals surface area contributed by atoms with Gasteiger partial charge in [-0.15, -0.1) is 11.3 Å². The number of hydrogen-bond donors (Lipinski definition) is 1. The van der Waals surface area contributed by atoms with Crippen molar-refractivity contribution in [3.8, 4) is 0 Å². The summed E-state index contributed by atoms with van der Waals surface area (Å²) in [5, 5.41) is 4.75. The molecule has 0 aromatic carbocycles. The summed E-state index contributed by atoms with van der Waals surface area (Å²) in [4.78, 5) is 36.1. The summed E-state index contributed by atoms with van der Waals surface area (Å²) < 4.78 is 0. The smallest absolute Gasteiger partial charge is 0.317 e. The van der Waals surface area contributed by atoms with Crippen LogP contribution in [0.4, 0.5) is 4.79 Å². The Morgan fingerprint density at radius 3 is 2.57 bits per heavy atom. The van der Waals surface area contributed by atoms with E-state index in [-0.39, 0.29) is 11.9 Å². The van der Waals surface area contributed by atoms with E-state index in [4.69, 9.17) is 0 Å². The quantitative estimate of drug-likeness (QED) is 0.917. The standard InChI is InChI=1S/C15H17N5O2S/c21-14(13-3-1-2-4-16-13)19-5-7-20(8-6-19)15(22)17-9-12-10-23-11-18-12/h1-4,10-11H,5-9H2,(H,17,22). The number of carbonyl (C=O) groups is 2. The Morgan fingerprint density at radius 1 is 1.13 bits per heavy atom. The van der Waals surface area contributed by atoms with E-state index in [0.29, 0.717) is 38.4 Å². The van der Waals surface area contributed by atoms with Crippen molar-refractivity contribution in [1.29, 1.82) is 0 Å². The van der Waals surface area contributed by atoms with Crippen molar-refractivity contribution >= 4 is 23.3 Å². The van der Waals surface area contributed by atoms with Gasteiger partial charge in [0.15, 0.2) is 0 Å². The second-order valence-corrected chi connectivity index (χ2v) is 5.85. The van der Waals surface area contributed by atoms with Crippen LogP contribution in [0.3, 0.4) is 0 Å². The van der Waals surface area contributed by atoms with Gasteiger partial charge in [-0.3, -0.25) is 9.78 Å². The summed E-state index contributed by atoms with van der Waals surface area (Å²) in [7, 11) is 0. The van der Waals surface area contributed by atoms with E-state index in [2.05, 4.69) is 15.3 Å². The highest BCUT2D eigenvalue weighted by Gasteiger charge is 2.25. The number of carbonyl (C=O) groups excluding carboxylic acids is 2. The Morgan fingerprint density at radius 2 is 1.91 bits per heavy atom. The summed E-state index contributed by atoms with van der Waals surface area (Å²) >= 11 is 1.50. The van der Waals surface area contributed by atoms with Gasteiger partial charge in [-0.05, 0) is 12.1 Å². The van der Waals surface area contributed by atoms with Crippen molar-refractivity contribution in [2.75, 3.05) is 26.2 Å². The maximum absolute atomic E-state index is 12.3. The fourth-order valence-electron chi connectivity index (χ4n) is 2.37.